The van der Waals surface area contributed by atoms with Crippen LogP contribution in [0.15, 0.2) is 24.7 Å². The molecule has 18 heavy (non-hydrogen) atoms. The fourth-order valence-electron chi connectivity index (χ4n) is 1.38. The number of nitrogens with one attached hydrogen (secondary N) is 2. The van der Waals surface area contributed by atoms with Crippen molar-refractivity contribution in [3.63, 3.8) is 0 Å². The van der Waals surface area contributed by atoms with Crippen molar-refractivity contribution in [2.45, 2.75) is 0 Å². The number of H-pyrrole nitrogens is 1. The molecule has 0 unspecified atom stereocenters. The Hall–Kier alpha value is -2.88. The second kappa shape index (κ2) is 4.97. The van der Waals surface area contributed by atoms with Crippen molar-refractivity contribution < 1.29 is 9.53 Å². The third-order valence-electron chi connectivity index (χ3n) is 2.25. The average Bonchev–Trinajstić information content (AvgIpc) is 2.85. The number of anilines is 1. The van der Waals surface area contributed by atoms with Crippen molar-refractivity contribution >= 4 is 11.7 Å². The number of aromatic amines is 1. The highest BCUT2D eigenvalue weighted by Crippen LogP contribution is 2.18. The van der Waals surface area contributed by atoms with Gasteiger partial charge >= 0.3 is 0 Å². The van der Waals surface area contributed by atoms with Gasteiger partial charge in [0.1, 0.15) is 23.2 Å². The van der Waals surface area contributed by atoms with E-state index >= 15 is 0 Å². The molecule has 0 fully saturated rings. The number of aromatic nitrogens is 3. The fraction of sp³-hybridized carbons (Fsp3) is 0.0909. The lowest BCUT2D eigenvalue weighted by molar-refractivity contribution is 0.102. The maximum atomic E-state index is 12.0. The van der Waals surface area contributed by atoms with E-state index in [2.05, 4.69) is 20.5 Å². The van der Waals surface area contributed by atoms with Crippen LogP contribution in [0.3, 0.4) is 0 Å². The van der Waals surface area contributed by atoms with Gasteiger partial charge in [0.05, 0.1) is 25.1 Å². The largest absolute Gasteiger partial charge is 0.494 e. The summed E-state index contributed by atoms with van der Waals surface area (Å²) in [5, 5.41) is 17.6. The van der Waals surface area contributed by atoms with Gasteiger partial charge < -0.3 is 10.1 Å². The number of ether oxygens (including phenoxy) is 1. The normalized spacial score (nSPS) is 9.56. The van der Waals surface area contributed by atoms with Crippen LogP contribution in [-0.2, 0) is 0 Å². The number of pyridine rings is 1. The molecule has 0 saturated carbocycles. The zero-order valence-corrected chi connectivity index (χ0v) is 9.47. The van der Waals surface area contributed by atoms with Gasteiger partial charge in [-0.1, -0.05) is 0 Å². The third-order valence-corrected chi connectivity index (χ3v) is 2.25. The molecule has 0 saturated heterocycles. The molecule has 0 radical (unpaired) electrons. The summed E-state index contributed by atoms with van der Waals surface area (Å²) >= 11 is 0. The van der Waals surface area contributed by atoms with E-state index in [9.17, 15) is 4.79 Å². The summed E-state index contributed by atoms with van der Waals surface area (Å²) in [6, 6.07) is 3.43. The summed E-state index contributed by atoms with van der Waals surface area (Å²) < 4.78 is 5.03. The predicted molar refractivity (Wildman–Crippen MR) is 62.0 cm³/mol. The van der Waals surface area contributed by atoms with Crippen molar-refractivity contribution in [2.24, 2.45) is 0 Å². The minimum Gasteiger partial charge on any atom is -0.494 e. The highest BCUT2D eigenvalue weighted by atomic mass is 16.5. The summed E-state index contributed by atoms with van der Waals surface area (Å²) in [6.07, 6.45) is 4.25. The molecule has 2 rings (SSSR count). The molecule has 0 bridgehead atoms. The summed E-state index contributed by atoms with van der Waals surface area (Å²) in [6.45, 7) is 0. The van der Waals surface area contributed by atoms with E-state index in [0.717, 1.165) is 0 Å². The zero-order chi connectivity index (χ0) is 13.0. The van der Waals surface area contributed by atoms with E-state index in [-0.39, 0.29) is 11.4 Å². The first-order chi connectivity index (χ1) is 8.76. The topological polar surface area (TPSA) is 104 Å². The second-order valence-electron chi connectivity index (χ2n) is 3.30. The molecular formula is C11H9N5O2. The summed E-state index contributed by atoms with van der Waals surface area (Å²) in [7, 11) is 1.45. The predicted octanol–water partition coefficient (Wildman–Crippen LogP) is 0.937. The Kier molecular flexibility index (Phi) is 3.20. The highest BCUT2D eigenvalue weighted by Gasteiger charge is 2.14. The molecule has 2 aromatic heterocycles. The first-order valence-electron chi connectivity index (χ1n) is 4.99. The highest BCUT2D eigenvalue weighted by molar-refractivity contribution is 6.06. The number of hydrogen-bond donors (Lipinski definition) is 2. The van der Waals surface area contributed by atoms with Crippen molar-refractivity contribution in [1.82, 2.24) is 15.2 Å². The van der Waals surface area contributed by atoms with Gasteiger partial charge in [0, 0.05) is 6.20 Å². The lowest BCUT2D eigenvalue weighted by Crippen LogP contribution is -2.14. The molecular weight excluding hydrogens is 234 g/mol. The van der Waals surface area contributed by atoms with Gasteiger partial charge in [0.2, 0.25) is 0 Å². The van der Waals surface area contributed by atoms with E-state index in [1.165, 1.54) is 31.8 Å². The quantitative estimate of drug-likeness (QED) is 0.834. The molecule has 0 aliphatic heterocycles. The summed E-state index contributed by atoms with van der Waals surface area (Å²) in [5.41, 5.74) is 0.586. The minimum atomic E-state index is -0.407. The smallest absolute Gasteiger partial charge is 0.260 e. The first kappa shape index (κ1) is 11.6. The Labute approximate surface area is 102 Å². The van der Waals surface area contributed by atoms with Crippen LogP contribution in [0.5, 0.6) is 5.75 Å². The van der Waals surface area contributed by atoms with Gasteiger partial charge in [0.15, 0.2) is 0 Å². The summed E-state index contributed by atoms with van der Waals surface area (Å²) in [5.74, 6) is 0.199. The molecule has 1 amide bonds. The van der Waals surface area contributed by atoms with Gasteiger partial charge in [-0.2, -0.15) is 10.4 Å². The molecule has 0 aliphatic carbocycles. The number of nitrogens with zero attached hydrogens (tertiary/aromatic N) is 3. The summed E-state index contributed by atoms with van der Waals surface area (Å²) in [4.78, 5) is 15.8. The number of carbonyl (C=O) groups excluding carboxylic acids is 1. The van der Waals surface area contributed by atoms with E-state index in [1.54, 1.807) is 0 Å². The lowest BCUT2D eigenvalue weighted by atomic mass is 10.2. The number of methoxy groups -OCH3 is 1. The van der Waals surface area contributed by atoms with Crippen LogP contribution in [0.25, 0.3) is 0 Å². The van der Waals surface area contributed by atoms with E-state index in [1.807, 2.05) is 6.07 Å². The number of nitriles is 1. The van der Waals surface area contributed by atoms with Crippen molar-refractivity contribution in [1.29, 1.82) is 5.26 Å². The van der Waals surface area contributed by atoms with E-state index in [4.69, 9.17) is 10.00 Å². The van der Waals surface area contributed by atoms with E-state index < -0.39 is 5.91 Å². The number of carbonyl (C=O) groups is 1. The van der Waals surface area contributed by atoms with Crippen LogP contribution in [0.4, 0.5) is 5.82 Å². The second-order valence-corrected chi connectivity index (χ2v) is 3.30. The molecule has 0 atom stereocenters. The Balaban J connectivity index is 2.25. The van der Waals surface area contributed by atoms with Gasteiger partial charge in [-0.25, -0.2) is 0 Å². The minimum absolute atomic E-state index is 0.251. The van der Waals surface area contributed by atoms with Crippen molar-refractivity contribution in [3.8, 4) is 11.8 Å². The Bertz CT molecular complexity index is 614. The van der Waals surface area contributed by atoms with Crippen LogP contribution < -0.4 is 10.1 Å². The molecule has 7 nitrogen and oxygen atoms in total. The first-order valence-corrected chi connectivity index (χ1v) is 4.99. The van der Waals surface area contributed by atoms with Gasteiger partial charge in [-0.15, -0.1) is 0 Å². The lowest BCUT2D eigenvalue weighted by Gasteiger charge is -2.07. The molecule has 2 aromatic rings. The van der Waals surface area contributed by atoms with Gasteiger partial charge in [-0.05, 0) is 6.07 Å². The Morgan fingerprint density at radius 1 is 1.56 bits per heavy atom. The molecule has 2 heterocycles. The number of amides is 1. The fourth-order valence-corrected chi connectivity index (χ4v) is 1.38. The van der Waals surface area contributed by atoms with Gasteiger partial charge in [0.25, 0.3) is 5.91 Å². The van der Waals surface area contributed by atoms with Crippen molar-refractivity contribution in [3.05, 3.63) is 35.8 Å². The monoisotopic (exact) mass is 243 g/mol. The van der Waals surface area contributed by atoms with Crippen LogP contribution in [-0.4, -0.2) is 28.2 Å². The van der Waals surface area contributed by atoms with Crippen molar-refractivity contribution in [2.75, 3.05) is 12.4 Å². The standard InChI is InChI=1S/C11H9N5O2/c1-18-9-6-13-3-2-8(9)11(17)15-10-7(4-12)5-14-16-10/h2-3,5-6H,1H3,(H2,14,15,16,17). The van der Waals surface area contributed by atoms with Gasteiger partial charge in [-0.3, -0.25) is 14.9 Å². The van der Waals surface area contributed by atoms with Crippen LogP contribution in [0.1, 0.15) is 15.9 Å². The zero-order valence-electron chi connectivity index (χ0n) is 9.47. The molecule has 0 spiro atoms. The molecule has 0 aromatic carbocycles. The molecule has 90 valence electrons. The maximum Gasteiger partial charge on any atom is 0.260 e. The Morgan fingerprint density at radius 3 is 3.11 bits per heavy atom. The number of hydrogen-bond acceptors (Lipinski definition) is 5. The molecule has 2 N–H and O–H groups in total. The van der Waals surface area contributed by atoms with E-state index in [0.29, 0.717) is 11.3 Å². The average molecular weight is 243 g/mol. The maximum absolute atomic E-state index is 12.0. The van der Waals surface area contributed by atoms with Crippen LogP contribution in [0, 0.1) is 11.3 Å². The number of rotatable bonds is 3. The van der Waals surface area contributed by atoms with Crippen LogP contribution >= 0.6 is 0 Å². The third kappa shape index (κ3) is 2.12. The molecule has 0 aliphatic rings. The Morgan fingerprint density at radius 2 is 2.39 bits per heavy atom. The SMILES string of the molecule is COc1cnccc1C(=O)Nc1[nH]ncc1C#N. The molecule has 7 heteroatoms. The van der Waals surface area contributed by atoms with Crippen LogP contribution in [0.2, 0.25) is 0 Å².